The van der Waals surface area contributed by atoms with Gasteiger partial charge in [-0.2, -0.15) is 0 Å². The van der Waals surface area contributed by atoms with E-state index in [2.05, 4.69) is 20.6 Å². The number of nitrogens with zero attached hydrogens (tertiary/aromatic N) is 2. The number of amides is 2. The van der Waals surface area contributed by atoms with E-state index < -0.39 is 11.8 Å². The van der Waals surface area contributed by atoms with Crippen molar-refractivity contribution >= 4 is 18.0 Å². The van der Waals surface area contributed by atoms with E-state index in [-0.39, 0.29) is 24.1 Å². The number of pyridine rings is 1. The molecule has 154 valence electrons. The molecule has 0 spiro atoms. The van der Waals surface area contributed by atoms with E-state index in [0.29, 0.717) is 11.1 Å². The van der Waals surface area contributed by atoms with E-state index in [9.17, 15) is 9.59 Å². The molecule has 1 atom stereocenters. The van der Waals surface area contributed by atoms with Gasteiger partial charge < -0.3 is 21.1 Å². The van der Waals surface area contributed by atoms with Crippen LogP contribution in [0, 0.1) is 6.92 Å². The smallest absolute Gasteiger partial charge is 0.264 e. The predicted octanol–water partition coefficient (Wildman–Crippen LogP) is 1.65. The zero-order valence-corrected chi connectivity index (χ0v) is 16.6. The van der Waals surface area contributed by atoms with Crippen LogP contribution in [-0.4, -0.2) is 29.1 Å². The van der Waals surface area contributed by atoms with Gasteiger partial charge in [-0.05, 0) is 49.6 Å². The highest BCUT2D eigenvalue weighted by Crippen LogP contribution is 2.32. The first-order chi connectivity index (χ1) is 14.5. The summed E-state index contributed by atoms with van der Waals surface area (Å²) in [5.41, 5.74) is 8.37. The van der Waals surface area contributed by atoms with Crippen LogP contribution in [-0.2, 0) is 22.0 Å². The van der Waals surface area contributed by atoms with Crippen LogP contribution in [0.2, 0.25) is 0 Å². The number of aliphatic imine (C=N–C) groups is 1. The van der Waals surface area contributed by atoms with Gasteiger partial charge >= 0.3 is 0 Å². The van der Waals surface area contributed by atoms with Crippen LogP contribution < -0.4 is 16.4 Å². The lowest BCUT2D eigenvalue weighted by atomic mass is 9.99. The number of aromatic nitrogens is 1. The molecule has 8 heteroatoms. The van der Waals surface area contributed by atoms with Crippen molar-refractivity contribution < 1.29 is 14.3 Å². The highest BCUT2D eigenvalue weighted by Gasteiger charge is 2.36. The van der Waals surface area contributed by atoms with Crippen LogP contribution >= 0.6 is 0 Å². The maximum absolute atomic E-state index is 12.6. The fraction of sp³-hybridized carbons (Fsp3) is 0.273. The zero-order chi connectivity index (χ0) is 21.1. The number of aryl methyl sites for hydroxylation is 1. The molecule has 2 heterocycles. The van der Waals surface area contributed by atoms with Gasteiger partial charge in [-0.1, -0.05) is 12.1 Å². The number of carbonyl (C=O) groups is 2. The summed E-state index contributed by atoms with van der Waals surface area (Å²) in [6, 6.07) is 11.2. The maximum atomic E-state index is 12.6. The third-order valence-electron chi connectivity index (χ3n) is 5.03. The number of hydrogen-bond donors (Lipinski definition) is 3. The van der Waals surface area contributed by atoms with Crippen molar-refractivity contribution in [1.82, 2.24) is 15.6 Å². The number of nitrogens with one attached hydrogen (secondary N) is 2. The summed E-state index contributed by atoms with van der Waals surface area (Å²) in [4.78, 5) is 32.9. The number of benzene rings is 1. The molecule has 1 saturated carbocycles. The lowest BCUT2D eigenvalue weighted by Gasteiger charge is -2.34. The molecule has 2 amide bonds. The van der Waals surface area contributed by atoms with Crippen molar-refractivity contribution in [2.45, 2.75) is 38.3 Å². The van der Waals surface area contributed by atoms with Gasteiger partial charge in [0.25, 0.3) is 17.7 Å². The molecule has 1 aromatic carbocycles. The highest BCUT2D eigenvalue weighted by molar-refractivity contribution is 6.11. The summed E-state index contributed by atoms with van der Waals surface area (Å²) in [6.45, 7) is 2.08. The number of primary amides is 1. The Balaban J connectivity index is 1.67. The van der Waals surface area contributed by atoms with Crippen molar-refractivity contribution in [3.63, 3.8) is 0 Å². The lowest BCUT2D eigenvalue weighted by Crippen LogP contribution is -2.44. The van der Waals surface area contributed by atoms with Crippen LogP contribution in [0.4, 0.5) is 0 Å². The van der Waals surface area contributed by atoms with Gasteiger partial charge in [0.2, 0.25) is 0 Å². The topological polar surface area (TPSA) is 119 Å². The molecular weight excluding hydrogens is 382 g/mol. The summed E-state index contributed by atoms with van der Waals surface area (Å²) in [5.74, 6) is -2.05. The summed E-state index contributed by atoms with van der Waals surface area (Å²) >= 11 is 0. The second-order valence-electron chi connectivity index (χ2n) is 7.40. The Morgan fingerprint density at radius 3 is 2.77 bits per heavy atom. The fourth-order valence-electron chi connectivity index (χ4n) is 3.14. The molecule has 2 aliphatic rings. The van der Waals surface area contributed by atoms with Crippen LogP contribution in [0.15, 0.2) is 59.4 Å². The Morgan fingerprint density at radius 2 is 2.13 bits per heavy atom. The molecule has 1 unspecified atom stereocenters. The lowest BCUT2D eigenvalue weighted by molar-refractivity contribution is -0.114. The van der Waals surface area contributed by atoms with Crippen LogP contribution in [0.3, 0.4) is 0 Å². The van der Waals surface area contributed by atoms with Gasteiger partial charge in [0.1, 0.15) is 0 Å². The van der Waals surface area contributed by atoms with E-state index >= 15 is 0 Å². The summed E-state index contributed by atoms with van der Waals surface area (Å²) in [6.07, 6.45) is 6.56. The van der Waals surface area contributed by atoms with Gasteiger partial charge in [0, 0.05) is 35.8 Å². The van der Waals surface area contributed by atoms with E-state index in [1.807, 2.05) is 31.2 Å². The molecule has 2 aromatic rings. The second-order valence-corrected chi connectivity index (χ2v) is 7.40. The predicted molar refractivity (Wildman–Crippen MR) is 111 cm³/mol. The van der Waals surface area contributed by atoms with Gasteiger partial charge in [0.15, 0.2) is 0 Å². The Bertz CT molecular complexity index is 1030. The molecule has 4 N–H and O–H groups in total. The first-order valence-electron chi connectivity index (χ1n) is 9.75. The van der Waals surface area contributed by atoms with Crippen LogP contribution in [0.5, 0.6) is 0 Å². The number of nitrogens with two attached hydrogens (primary N) is 1. The quantitative estimate of drug-likeness (QED) is 0.647. The maximum Gasteiger partial charge on any atom is 0.264 e. The SMILES string of the molecule is Cc1ccc(C(=O)NC2CC2)cc1C1(OCc2ccccn2)N=CC(C(N)=O)=CN1. The zero-order valence-electron chi connectivity index (χ0n) is 16.6. The van der Waals surface area contributed by atoms with Crippen LogP contribution in [0.1, 0.15) is 40.0 Å². The average Bonchev–Trinajstić information content (AvgIpc) is 3.57. The highest BCUT2D eigenvalue weighted by atomic mass is 16.5. The summed E-state index contributed by atoms with van der Waals surface area (Å²) in [7, 11) is 0. The van der Waals surface area contributed by atoms with E-state index in [0.717, 1.165) is 24.1 Å². The number of carbonyl (C=O) groups excluding carboxylic acids is 2. The molecule has 1 aliphatic carbocycles. The molecule has 0 radical (unpaired) electrons. The van der Waals surface area contributed by atoms with Crippen LogP contribution in [0.25, 0.3) is 0 Å². The molecule has 30 heavy (non-hydrogen) atoms. The van der Waals surface area contributed by atoms with E-state index in [4.69, 9.17) is 10.5 Å². The van der Waals surface area contributed by atoms with Gasteiger partial charge in [-0.3, -0.25) is 14.6 Å². The van der Waals surface area contributed by atoms with Crippen molar-refractivity contribution in [3.8, 4) is 0 Å². The largest absolute Gasteiger partial charge is 0.366 e. The minimum atomic E-state index is -1.32. The standard InChI is InChI=1S/C22H23N5O3/c1-14-5-6-15(21(29)27-17-7-8-17)10-19(14)22(25-11-16(12-26-22)20(23)28)30-13-18-4-2-3-9-24-18/h2-6,9-12,17,25H,7-8,13H2,1H3,(H2,23,28)(H,27,29). The first kappa shape index (κ1) is 19.8. The van der Waals surface area contributed by atoms with Gasteiger partial charge in [0.05, 0.1) is 17.9 Å². The Labute approximate surface area is 174 Å². The number of rotatable bonds is 7. The van der Waals surface area contributed by atoms with Crippen molar-refractivity contribution in [2.75, 3.05) is 0 Å². The third kappa shape index (κ3) is 4.23. The number of ether oxygens (including phenoxy) is 1. The fourth-order valence-corrected chi connectivity index (χ4v) is 3.14. The average molecular weight is 405 g/mol. The molecule has 1 aliphatic heterocycles. The van der Waals surface area contributed by atoms with E-state index in [1.54, 1.807) is 18.3 Å². The second kappa shape index (κ2) is 8.08. The van der Waals surface area contributed by atoms with Crippen molar-refractivity contribution in [1.29, 1.82) is 0 Å². The van der Waals surface area contributed by atoms with Crippen molar-refractivity contribution in [2.24, 2.45) is 10.7 Å². The minimum Gasteiger partial charge on any atom is -0.366 e. The van der Waals surface area contributed by atoms with Crippen molar-refractivity contribution in [3.05, 3.63) is 76.8 Å². The monoisotopic (exact) mass is 405 g/mol. The third-order valence-corrected chi connectivity index (χ3v) is 5.03. The molecule has 0 saturated heterocycles. The molecule has 8 nitrogen and oxygen atoms in total. The molecule has 1 aromatic heterocycles. The minimum absolute atomic E-state index is 0.133. The molecule has 1 fully saturated rings. The summed E-state index contributed by atoms with van der Waals surface area (Å²) < 4.78 is 6.18. The Kier molecular flexibility index (Phi) is 5.33. The normalized spacial score (nSPS) is 20.2. The first-order valence-corrected chi connectivity index (χ1v) is 9.75. The molecule has 0 bridgehead atoms. The van der Waals surface area contributed by atoms with Gasteiger partial charge in [-0.15, -0.1) is 0 Å². The molecule has 4 rings (SSSR count). The Morgan fingerprint density at radius 1 is 1.30 bits per heavy atom. The van der Waals surface area contributed by atoms with Gasteiger partial charge in [-0.25, -0.2) is 4.99 Å². The Hall–Kier alpha value is -3.52. The van der Waals surface area contributed by atoms with E-state index in [1.165, 1.54) is 12.4 Å². The number of hydrogen-bond acceptors (Lipinski definition) is 6. The molecular formula is C22H23N5O3. The summed E-state index contributed by atoms with van der Waals surface area (Å²) in [5, 5.41) is 6.06.